The molecule has 7 nitrogen and oxygen atoms in total. The Morgan fingerprint density at radius 2 is 1.94 bits per heavy atom. The zero-order valence-electron chi connectivity index (χ0n) is 19.1. The van der Waals surface area contributed by atoms with Crippen molar-refractivity contribution in [3.05, 3.63) is 46.7 Å². The van der Waals surface area contributed by atoms with E-state index in [1.165, 1.54) is 0 Å². The number of hydrogen-bond donors (Lipinski definition) is 3. The fourth-order valence-corrected chi connectivity index (χ4v) is 5.88. The third-order valence-corrected chi connectivity index (χ3v) is 7.38. The summed E-state index contributed by atoms with van der Waals surface area (Å²) in [6, 6.07) is 9.49. The average Bonchev–Trinajstić information content (AvgIpc) is 3.26. The van der Waals surface area contributed by atoms with Crippen LogP contribution in [0.4, 0.5) is 0 Å². The van der Waals surface area contributed by atoms with Crippen LogP contribution in [0, 0.1) is 22.2 Å². The van der Waals surface area contributed by atoms with Crippen LogP contribution < -0.4 is 15.4 Å². The van der Waals surface area contributed by atoms with Crippen LogP contribution >= 0.6 is 11.6 Å². The minimum Gasteiger partial charge on any atom is -0.489 e. The second kappa shape index (κ2) is 8.68. The van der Waals surface area contributed by atoms with Gasteiger partial charge in [-0.2, -0.15) is 10.4 Å². The van der Waals surface area contributed by atoms with E-state index < -0.39 is 6.23 Å². The number of nitrogens with one attached hydrogen (secondary N) is 2. The Labute approximate surface area is 194 Å². The van der Waals surface area contributed by atoms with Crippen LogP contribution in [-0.4, -0.2) is 40.1 Å². The maximum Gasteiger partial charge on any atom is 0.150 e. The maximum absolute atomic E-state index is 10.9. The standard InChI is InChI=1S/C24H32ClN5O2/c1-23(2)21(24(3,4)22(23)32-17-6-5-15(14-26)18(25)13-17)28-20(31)19-9-12-30(29-19)16-7-10-27-11-8-16/h5-6,9,12-13,16,20-22,27-28,31H,7-8,10-11H2,1-4H3. The smallest absolute Gasteiger partial charge is 0.150 e. The summed E-state index contributed by atoms with van der Waals surface area (Å²) >= 11 is 6.18. The first-order valence-corrected chi connectivity index (χ1v) is 11.6. The number of rotatable bonds is 6. The third kappa shape index (κ3) is 4.13. The van der Waals surface area contributed by atoms with Gasteiger partial charge in [-0.3, -0.25) is 10.00 Å². The predicted molar refractivity (Wildman–Crippen MR) is 123 cm³/mol. The van der Waals surface area contributed by atoms with Crippen LogP contribution in [-0.2, 0) is 0 Å². The quantitative estimate of drug-likeness (QED) is 0.571. The van der Waals surface area contributed by atoms with Crippen LogP contribution in [0.5, 0.6) is 5.75 Å². The largest absolute Gasteiger partial charge is 0.489 e. The van der Waals surface area contributed by atoms with Crippen LogP contribution in [0.3, 0.4) is 0 Å². The molecule has 1 aliphatic heterocycles. The molecule has 1 unspecified atom stereocenters. The number of piperidine rings is 1. The van der Waals surface area contributed by atoms with Crippen LogP contribution in [0.15, 0.2) is 30.5 Å². The molecular weight excluding hydrogens is 426 g/mol. The van der Waals surface area contributed by atoms with Crippen molar-refractivity contribution >= 4 is 11.6 Å². The fourth-order valence-electron chi connectivity index (χ4n) is 5.67. The maximum atomic E-state index is 10.9. The molecular formula is C24H32ClN5O2. The second-order valence-corrected chi connectivity index (χ2v) is 10.5. The highest BCUT2D eigenvalue weighted by Crippen LogP contribution is 2.56. The van der Waals surface area contributed by atoms with Crippen molar-refractivity contribution in [2.45, 2.75) is 65.0 Å². The van der Waals surface area contributed by atoms with Gasteiger partial charge in [-0.15, -0.1) is 0 Å². The highest BCUT2D eigenvalue weighted by molar-refractivity contribution is 6.31. The molecule has 32 heavy (non-hydrogen) atoms. The number of aliphatic hydroxyl groups excluding tert-OH is 1. The van der Waals surface area contributed by atoms with Crippen LogP contribution in [0.2, 0.25) is 5.02 Å². The molecule has 3 N–H and O–H groups in total. The predicted octanol–water partition coefficient (Wildman–Crippen LogP) is 3.80. The van der Waals surface area contributed by atoms with Crippen molar-refractivity contribution in [3.63, 3.8) is 0 Å². The fraction of sp³-hybridized carbons (Fsp3) is 0.583. The Morgan fingerprint density at radius 3 is 2.56 bits per heavy atom. The summed E-state index contributed by atoms with van der Waals surface area (Å²) in [5.74, 6) is 0.639. The first-order valence-electron chi connectivity index (χ1n) is 11.2. The zero-order chi connectivity index (χ0) is 23.1. The molecule has 1 atom stereocenters. The minimum absolute atomic E-state index is 0.00730. The van der Waals surface area contributed by atoms with Gasteiger partial charge in [0.2, 0.25) is 0 Å². The highest BCUT2D eigenvalue weighted by atomic mass is 35.5. The zero-order valence-corrected chi connectivity index (χ0v) is 19.9. The molecule has 0 bridgehead atoms. The van der Waals surface area contributed by atoms with Gasteiger partial charge < -0.3 is 15.2 Å². The lowest BCUT2D eigenvalue weighted by Crippen LogP contribution is -2.74. The Kier molecular flexibility index (Phi) is 6.25. The SMILES string of the molecule is CC1(C)C(NC(O)c2ccn(C3CCNCC3)n2)C(C)(C)C1Oc1ccc(C#N)c(Cl)c1. The van der Waals surface area contributed by atoms with Crippen molar-refractivity contribution in [1.82, 2.24) is 20.4 Å². The third-order valence-electron chi connectivity index (χ3n) is 7.07. The number of hydrogen-bond acceptors (Lipinski definition) is 6. The molecule has 4 rings (SSSR count). The van der Waals surface area contributed by atoms with E-state index in [1.54, 1.807) is 18.2 Å². The second-order valence-electron chi connectivity index (χ2n) is 10.1. The molecule has 2 aromatic rings. The van der Waals surface area contributed by atoms with Gasteiger partial charge in [0.25, 0.3) is 0 Å². The van der Waals surface area contributed by atoms with E-state index in [0.717, 1.165) is 25.9 Å². The number of benzene rings is 1. The van der Waals surface area contributed by atoms with Crippen LogP contribution in [0.25, 0.3) is 0 Å². The van der Waals surface area contributed by atoms with Gasteiger partial charge in [0, 0.05) is 29.1 Å². The summed E-state index contributed by atoms with van der Waals surface area (Å²) in [7, 11) is 0. The Balaban J connectivity index is 1.44. The molecule has 1 aliphatic carbocycles. The minimum atomic E-state index is -0.855. The molecule has 2 aliphatic rings. The van der Waals surface area contributed by atoms with Crippen molar-refractivity contribution in [2.24, 2.45) is 10.8 Å². The number of aromatic nitrogens is 2. The molecule has 0 spiro atoms. The summed E-state index contributed by atoms with van der Waals surface area (Å²) in [4.78, 5) is 0. The van der Waals surface area contributed by atoms with Crippen molar-refractivity contribution in [1.29, 1.82) is 5.26 Å². The molecule has 1 aromatic heterocycles. The molecule has 172 valence electrons. The lowest BCUT2D eigenvalue weighted by Gasteiger charge is -2.63. The number of aliphatic hydroxyl groups is 1. The van der Waals surface area contributed by atoms with Gasteiger partial charge in [0.05, 0.1) is 16.6 Å². The van der Waals surface area contributed by atoms with E-state index in [9.17, 15) is 5.11 Å². The molecule has 0 amide bonds. The Bertz CT molecular complexity index is 990. The summed E-state index contributed by atoms with van der Waals surface area (Å²) in [5, 5.41) is 31.8. The molecule has 2 fully saturated rings. The monoisotopic (exact) mass is 457 g/mol. The molecule has 1 saturated heterocycles. The number of nitriles is 1. The lowest BCUT2D eigenvalue weighted by atomic mass is 9.49. The van der Waals surface area contributed by atoms with Gasteiger partial charge in [-0.25, -0.2) is 0 Å². The van der Waals surface area contributed by atoms with Gasteiger partial charge >= 0.3 is 0 Å². The normalized spacial score (nSPS) is 25.5. The summed E-state index contributed by atoms with van der Waals surface area (Å²) in [6.07, 6.45) is 3.11. The van der Waals surface area contributed by atoms with Gasteiger partial charge in [-0.05, 0) is 44.1 Å². The summed E-state index contributed by atoms with van der Waals surface area (Å²) in [6.45, 7) is 10.5. The van der Waals surface area contributed by atoms with Crippen molar-refractivity contribution in [2.75, 3.05) is 13.1 Å². The van der Waals surface area contributed by atoms with Gasteiger partial charge in [-0.1, -0.05) is 39.3 Å². The van der Waals surface area contributed by atoms with E-state index in [2.05, 4.69) is 49.5 Å². The van der Waals surface area contributed by atoms with Crippen LogP contribution in [0.1, 0.15) is 64.1 Å². The first-order chi connectivity index (χ1) is 15.1. The number of nitrogens with zero attached hydrogens (tertiary/aromatic N) is 3. The van der Waals surface area contributed by atoms with E-state index in [1.807, 2.05) is 16.9 Å². The highest BCUT2D eigenvalue weighted by Gasteiger charge is 2.63. The van der Waals surface area contributed by atoms with E-state index in [0.29, 0.717) is 28.1 Å². The topological polar surface area (TPSA) is 95.1 Å². The molecule has 8 heteroatoms. The van der Waals surface area contributed by atoms with Gasteiger partial charge in [0.1, 0.15) is 29.8 Å². The summed E-state index contributed by atoms with van der Waals surface area (Å²) < 4.78 is 8.31. The molecule has 1 aromatic carbocycles. The first kappa shape index (κ1) is 23.1. The molecule has 1 saturated carbocycles. The molecule has 0 radical (unpaired) electrons. The summed E-state index contributed by atoms with van der Waals surface area (Å²) in [5.41, 5.74) is 0.571. The van der Waals surface area contributed by atoms with Crippen molar-refractivity contribution < 1.29 is 9.84 Å². The molecule has 2 heterocycles. The lowest BCUT2D eigenvalue weighted by molar-refractivity contribution is -0.180. The Morgan fingerprint density at radius 1 is 1.25 bits per heavy atom. The number of ether oxygens (including phenoxy) is 1. The Hall–Kier alpha value is -2.11. The van der Waals surface area contributed by atoms with E-state index >= 15 is 0 Å². The van der Waals surface area contributed by atoms with Gasteiger partial charge in [0.15, 0.2) is 0 Å². The van der Waals surface area contributed by atoms with E-state index in [-0.39, 0.29) is 23.0 Å². The average molecular weight is 458 g/mol. The number of halogens is 1. The van der Waals surface area contributed by atoms with Crippen molar-refractivity contribution in [3.8, 4) is 11.8 Å². The van der Waals surface area contributed by atoms with E-state index in [4.69, 9.17) is 21.6 Å².